The van der Waals surface area contributed by atoms with Crippen molar-refractivity contribution in [1.29, 1.82) is 0 Å². The standard InChI is InChI=1S/C16H31BrO2/c1-4-5-15-6-8-16(13-17,9-7-15)19-11-10-18-12-14(2)3/h14-15H,4-13H2,1-3H3. The second-order valence-electron chi connectivity index (χ2n) is 6.37. The maximum Gasteiger partial charge on any atom is 0.0780 e. The van der Waals surface area contributed by atoms with Crippen LogP contribution in [0.5, 0.6) is 0 Å². The smallest absolute Gasteiger partial charge is 0.0780 e. The molecule has 0 aliphatic heterocycles. The van der Waals surface area contributed by atoms with Crippen LogP contribution in [0.3, 0.4) is 0 Å². The van der Waals surface area contributed by atoms with Gasteiger partial charge in [-0.25, -0.2) is 0 Å². The fourth-order valence-electron chi connectivity index (χ4n) is 2.85. The lowest BCUT2D eigenvalue weighted by Gasteiger charge is -2.39. The predicted octanol–water partition coefficient (Wildman–Crippen LogP) is 4.80. The van der Waals surface area contributed by atoms with Gasteiger partial charge in [0, 0.05) is 11.9 Å². The summed E-state index contributed by atoms with van der Waals surface area (Å²) in [6.45, 7) is 8.94. The first-order chi connectivity index (χ1) is 9.12. The van der Waals surface area contributed by atoms with Gasteiger partial charge >= 0.3 is 0 Å². The highest BCUT2D eigenvalue weighted by atomic mass is 79.9. The van der Waals surface area contributed by atoms with Gasteiger partial charge < -0.3 is 9.47 Å². The Hall–Kier alpha value is 0.400. The van der Waals surface area contributed by atoms with Crippen molar-refractivity contribution in [2.45, 2.75) is 64.9 Å². The molecule has 1 aliphatic carbocycles. The summed E-state index contributed by atoms with van der Waals surface area (Å²) >= 11 is 3.65. The third-order valence-electron chi connectivity index (χ3n) is 4.04. The molecular formula is C16H31BrO2. The fraction of sp³-hybridized carbons (Fsp3) is 1.00. The van der Waals surface area contributed by atoms with Crippen LogP contribution in [0.1, 0.15) is 59.3 Å². The van der Waals surface area contributed by atoms with Gasteiger partial charge in [0.1, 0.15) is 0 Å². The van der Waals surface area contributed by atoms with E-state index in [1.54, 1.807) is 0 Å². The molecule has 0 radical (unpaired) electrons. The van der Waals surface area contributed by atoms with E-state index in [0.29, 0.717) is 5.92 Å². The quantitative estimate of drug-likeness (QED) is 0.445. The van der Waals surface area contributed by atoms with Gasteiger partial charge in [-0.2, -0.15) is 0 Å². The van der Waals surface area contributed by atoms with Gasteiger partial charge in [-0.3, -0.25) is 0 Å². The van der Waals surface area contributed by atoms with Crippen molar-refractivity contribution in [3.8, 4) is 0 Å². The van der Waals surface area contributed by atoms with Crippen LogP contribution in [-0.2, 0) is 9.47 Å². The number of rotatable bonds is 9. The molecule has 1 fully saturated rings. The molecule has 3 heteroatoms. The number of alkyl halides is 1. The first kappa shape index (κ1) is 17.5. The topological polar surface area (TPSA) is 18.5 Å². The van der Waals surface area contributed by atoms with E-state index in [0.717, 1.165) is 31.1 Å². The largest absolute Gasteiger partial charge is 0.379 e. The van der Waals surface area contributed by atoms with Crippen LogP contribution in [0, 0.1) is 11.8 Å². The Kier molecular flexibility index (Phi) is 8.59. The van der Waals surface area contributed by atoms with Crippen molar-refractivity contribution < 1.29 is 9.47 Å². The highest BCUT2D eigenvalue weighted by Gasteiger charge is 2.34. The third-order valence-corrected chi connectivity index (χ3v) is 5.07. The summed E-state index contributed by atoms with van der Waals surface area (Å²) in [5.74, 6) is 1.53. The second-order valence-corrected chi connectivity index (χ2v) is 6.93. The van der Waals surface area contributed by atoms with Crippen molar-refractivity contribution in [3.05, 3.63) is 0 Å². The monoisotopic (exact) mass is 334 g/mol. The minimum Gasteiger partial charge on any atom is -0.379 e. The van der Waals surface area contributed by atoms with Gasteiger partial charge in [-0.05, 0) is 37.5 Å². The average Bonchev–Trinajstić information content (AvgIpc) is 2.40. The Labute approximate surface area is 127 Å². The average molecular weight is 335 g/mol. The number of hydrogen-bond donors (Lipinski definition) is 0. The molecule has 0 amide bonds. The lowest BCUT2D eigenvalue weighted by atomic mass is 9.78. The summed E-state index contributed by atoms with van der Waals surface area (Å²) in [5.41, 5.74) is 0.0748. The highest BCUT2D eigenvalue weighted by molar-refractivity contribution is 9.09. The SMILES string of the molecule is CCCC1CCC(CBr)(OCCOCC(C)C)CC1. The van der Waals surface area contributed by atoms with Crippen LogP contribution >= 0.6 is 15.9 Å². The Morgan fingerprint density at radius 2 is 1.89 bits per heavy atom. The van der Waals surface area contributed by atoms with Gasteiger partial charge in [0.2, 0.25) is 0 Å². The Balaban J connectivity index is 2.21. The molecule has 0 unspecified atom stereocenters. The lowest BCUT2D eigenvalue weighted by Crippen LogP contribution is -2.39. The molecule has 2 nitrogen and oxygen atoms in total. The second kappa shape index (κ2) is 9.36. The Morgan fingerprint density at radius 1 is 1.21 bits per heavy atom. The van der Waals surface area contributed by atoms with Gasteiger partial charge in [-0.1, -0.05) is 49.5 Å². The first-order valence-electron chi connectivity index (χ1n) is 7.89. The van der Waals surface area contributed by atoms with E-state index in [4.69, 9.17) is 9.47 Å². The molecule has 0 aromatic rings. The lowest BCUT2D eigenvalue weighted by molar-refractivity contribution is -0.0807. The van der Waals surface area contributed by atoms with Crippen molar-refractivity contribution in [3.63, 3.8) is 0 Å². The van der Waals surface area contributed by atoms with Crippen LogP contribution in [0.4, 0.5) is 0 Å². The highest BCUT2D eigenvalue weighted by Crippen LogP contribution is 2.37. The maximum atomic E-state index is 6.16. The molecule has 1 aliphatic rings. The number of halogens is 1. The summed E-state index contributed by atoms with van der Waals surface area (Å²) in [5, 5.41) is 0.961. The fourth-order valence-corrected chi connectivity index (χ4v) is 3.58. The van der Waals surface area contributed by atoms with E-state index in [1.807, 2.05) is 0 Å². The molecule has 0 spiro atoms. The summed E-state index contributed by atoms with van der Waals surface area (Å²) in [7, 11) is 0. The van der Waals surface area contributed by atoms with E-state index >= 15 is 0 Å². The molecular weight excluding hydrogens is 304 g/mol. The molecule has 1 saturated carbocycles. The van der Waals surface area contributed by atoms with Crippen molar-refractivity contribution >= 4 is 15.9 Å². The van der Waals surface area contributed by atoms with E-state index in [9.17, 15) is 0 Å². The summed E-state index contributed by atoms with van der Waals surface area (Å²) in [6, 6.07) is 0. The van der Waals surface area contributed by atoms with Crippen LogP contribution in [0.25, 0.3) is 0 Å². The van der Waals surface area contributed by atoms with Crippen molar-refractivity contribution in [1.82, 2.24) is 0 Å². The van der Waals surface area contributed by atoms with E-state index < -0.39 is 0 Å². The predicted molar refractivity (Wildman–Crippen MR) is 85.0 cm³/mol. The number of ether oxygens (including phenoxy) is 2. The van der Waals surface area contributed by atoms with E-state index in [-0.39, 0.29) is 5.60 Å². The Bertz CT molecular complexity index is 223. The molecule has 114 valence electrons. The molecule has 0 aromatic carbocycles. The maximum absolute atomic E-state index is 6.16. The van der Waals surface area contributed by atoms with Crippen LogP contribution < -0.4 is 0 Å². The molecule has 0 bridgehead atoms. The third kappa shape index (κ3) is 6.59. The molecule has 0 atom stereocenters. The zero-order valence-electron chi connectivity index (χ0n) is 12.9. The minimum atomic E-state index is 0.0748. The zero-order chi connectivity index (χ0) is 14.1. The van der Waals surface area contributed by atoms with Gasteiger partial charge in [0.25, 0.3) is 0 Å². The molecule has 1 rings (SSSR count). The van der Waals surface area contributed by atoms with E-state index in [2.05, 4.69) is 36.7 Å². The normalized spacial score (nSPS) is 27.9. The van der Waals surface area contributed by atoms with Crippen LogP contribution in [0.15, 0.2) is 0 Å². The summed E-state index contributed by atoms with van der Waals surface area (Å²) in [6.07, 6.45) is 7.75. The first-order valence-corrected chi connectivity index (χ1v) is 9.01. The summed E-state index contributed by atoms with van der Waals surface area (Å²) in [4.78, 5) is 0. The summed E-state index contributed by atoms with van der Waals surface area (Å²) < 4.78 is 11.8. The minimum absolute atomic E-state index is 0.0748. The van der Waals surface area contributed by atoms with Crippen LogP contribution in [0.2, 0.25) is 0 Å². The molecule has 19 heavy (non-hydrogen) atoms. The molecule has 0 saturated heterocycles. The van der Waals surface area contributed by atoms with E-state index in [1.165, 1.54) is 38.5 Å². The number of hydrogen-bond acceptors (Lipinski definition) is 2. The van der Waals surface area contributed by atoms with Gasteiger partial charge in [0.05, 0.1) is 18.8 Å². The Morgan fingerprint density at radius 3 is 2.42 bits per heavy atom. The van der Waals surface area contributed by atoms with Crippen molar-refractivity contribution in [2.75, 3.05) is 25.2 Å². The molecule has 0 N–H and O–H groups in total. The van der Waals surface area contributed by atoms with Crippen molar-refractivity contribution in [2.24, 2.45) is 11.8 Å². The van der Waals surface area contributed by atoms with Gasteiger partial charge in [0.15, 0.2) is 0 Å². The van der Waals surface area contributed by atoms with Gasteiger partial charge in [-0.15, -0.1) is 0 Å². The molecule has 0 aromatic heterocycles. The zero-order valence-corrected chi connectivity index (χ0v) is 14.5. The molecule has 0 heterocycles. The van der Waals surface area contributed by atoms with Crippen LogP contribution in [-0.4, -0.2) is 30.8 Å².